The van der Waals surface area contributed by atoms with Crippen LogP contribution in [0.15, 0.2) is 58.1 Å². The molecule has 0 fully saturated rings. The Morgan fingerprint density at radius 2 is 1.72 bits per heavy atom. The van der Waals surface area contributed by atoms with E-state index in [1.165, 1.54) is 4.57 Å². The van der Waals surface area contributed by atoms with Crippen molar-refractivity contribution >= 4 is 28.4 Å². The highest BCUT2D eigenvalue weighted by atomic mass is 16.2. The fraction of sp³-hybridized carbons (Fsp3) is 0.238. The standard InChI is InChI=1S/C21H22N4O4/c1-2-14-7-3-5-9-16(14)23-19(27)13-22-18(26)11-12-25-17-10-6-4-8-15(17)20(28)24-21(25)29/h3-10H,2,11-13H2,1H3,(H,22,26)(H,23,27)(H,24,28,29). The van der Waals surface area contributed by atoms with Crippen LogP contribution in [0.3, 0.4) is 0 Å². The van der Waals surface area contributed by atoms with Gasteiger partial charge < -0.3 is 10.6 Å². The summed E-state index contributed by atoms with van der Waals surface area (Å²) < 4.78 is 1.34. The number of nitrogens with zero attached hydrogens (tertiary/aromatic N) is 1. The molecule has 8 heteroatoms. The van der Waals surface area contributed by atoms with E-state index < -0.39 is 11.2 Å². The lowest BCUT2D eigenvalue weighted by molar-refractivity contribution is -0.124. The van der Waals surface area contributed by atoms with E-state index in [-0.39, 0.29) is 31.3 Å². The van der Waals surface area contributed by atoms with Crippen molar-refractivity contribution in [2.75, 3.05) is 11.9 Å². The van der Waals surface area contributed by atoms with E-state index in [9.17, 15) is 19.2 Å². The minimum absolute atomic E-state index is 0.00519. The van der Waals surface area contributed by atoms with Gasteiger partial charge in [0.2, 0.25) is 11.8 Å². The van der Waals surface area contributed by atoms with Crippen molar-refractivity contribution in [2.45, 2.75) is 26.3 Å². The topological polar surface area (TPSA) is 113 Å². The molecule has 0 unspecified atom stereocenters. The van der Waals surface area contributed by atoms with Gasteiger partial charge in [-0.15, -0.1) is 0 Å². The number of hydrogen-bond acceptors (Lipinski definition) is 4. The summed E-state index contributed by atoms with van der Waals surface area (Å²) >= 11 is 0. The van der Waals surface area contributed by atoms with Crippen molar-refractivity contribution in [2.24, 2.45) is 0 Å². The molecule has 0 bridgehead atoms. The quantitative estimate of drug-likeness (QED) is 0.562. The zero-order valence-corrected chi connectivity index (χ0v) is 16.0. The fourth-order valence-corrected chi connectivity index (χ4v) is 3.09. The van der Waals surface area contributed by atoms with E-state index in [1.54, 1.807) is 24.3 Å². The lowest BCUT2D eigenvalue weighted by Gasteiger charge is -2.11. The number of fused-ring (bicyclic) bond motifs is 1. The van der Waals surface area contributed by atoms with Crippen molar-refractivity contribution in [1.29, 1.82) is 0 Å². The van der Waals surface area contributed by atoms with Crippen LogP contribution in [0.5, 0.6) is 0 Å². The molecule has 0 aliphatic carbocycles. The van der Waals surface area contributed by atoms with Crippen LogP contribution in [-0.4, -0.2) is 27.9 Å². The monoisotopic (exact) mass is 394 g/mol. The van der Waals surface area contributed by atoms with Crippen molar-refractivity contribution in [3.63, 3.8) is 0 Å². The van der Waals surface area contributed by atoms with E-state index in [4.69, 9.17) is 0 Å². The number of anilines is 1. The van der Waals surface area contributed by atoms with Crippen LogP contribution in [0.2, 0.25) is 0 Å². The zero-order valence-electron chi connectivity index (χ0n) is 16.0. The number of H-pyrrole nitrogens is 1. The number of aromatic nitrogens is 2. The van der Waals surface area contributed by atoms with Gasteiger partial charge in [0.15, 0.2) is 0 Å². The first-order chi connectivity index (χ1) is 14.0. The molecular weight excluding hydrogens is 372 g/mol. The Morgan fingerprint density at radius 1 is 1.00 bits per heavy atom. The maximum atomic E-state index is 12.1. The second kappa shape index (κ2) is 9.01. The molecule has 0 aliphatic heterocycles. The van der Waals surface area contributed by atoms with Gasteiger partial charge in [-0.25, -0.2) is 4.79 Å². The summed E-state index contributed by atoms with van der Waals surface area (Å²) in [6, 6.07) is 14.2. The smallest absolute Gasteiger partial charge is 0.328 e. The molecule has 0 radical (unpaired) electrons. The number of carbonyl (C=O) groups is 2. The minimum atomic E-state index is -0.574. The predicted molar refractivity (Wildman–Crippen MR) is 111 cm³/mol. The highest BCUT2D eigenvalue weighted by molar-refractivity contribution is 5.95. The molecule has 1 heterocycles. The number of carbonyl (C=O) groups excluding carboxylic acids is 2. The molecule has 3 aromatic rings. The summed E-state index contributed by atoms with van der Waals surface area (Å²) in [6.45, 7) is 1.91. The number of para-hydroxylation sites is 2. The Hall–Kier alpha value is -3.68. The molecule has 3 N–H and O–H groups in total. The van der Waals surface area contributed by atoms with Crippen LogP contribution in [0.4, 0.5) is 5.69 Å². The fourth-order valence-electron chi connectivity index (χ4n) is 3.09. The van der Waals surface area contributed by atoms with Gasteiger partial charge in [0.25, 0.3) is 5.56 Å². The Morgan fingerprint density at radius 3 is 2.52 bits per heavy atom. The SMILES string of the molecule is CCc1ccccc1NC(=O)CNC(=O)CCn1c(=O)[nH]c(=O)c2ccccc21. The number of nitrogens with one attached hydrogen (secondary N) is 3. The van der Waals surface area contributed by atoms with E-state index in [0.29, 0.717) is 10.9 Å². The van der Waals surface area contributed by atoms with Crippen LogP contribution in [0.25, 0.3) is 10.9 Å². The van der Waals surface area contributed by atoms with E-state index in [2.05, 4.69) is 15.6 Å². The average Bonchev–Trinajstić information content (AvgIpc) is 2.72. The van der Waals surface area contributed by atoms with Crippen LogP contribution < -0.4 is 21.9 Å². The second-order valence-corrected chi connectivity index (χ2v) is 6.51. The van der Waals surface area contributed by atoms with Crippen molar-refractivity contribution in [3.8, 4) is 0 Å². The number of aryl methyl sites for hydroxylation is 2. The lowest BCUT2D eigenvalue weighted by atomic mass is 10.1. The van der Waals surface area contributed by atoms with Crippen LogP contribution >= 0.6 is 0 Å². The third-order valence-electron chi connectivity index (χ3n) is 4.59. The summed E-state index contributed by atoms with van der Waals surface area (Å²) in [5.41, 5.74) is 1.16. The van der Waals surface area contributed by atoms with Crippen LogP contribution in [-0.2, 0) is 22.6 Å². The van der Waals surface area contributed by atoms with Gasteiger partial charge in [-0.2, -0.15) is 0 Å². The zero-order chi connectivity index (χ0) is 20.8. The first kappa shape index (κ1) is 20.1. The molecule has 0 aliphatic rings. The number of rotatable bonds is 7. The number of amides is 2. The van der Waals surface area contributed by atoms with Crippen molar-refractivity contribution < 1.29 is 9.59 Å². The lowest BCUT2D eigenvalue weighted by Crippen LogP contribution is -2.35. The Bertz CT molecular complexity index is 1160. The maximum absolute atomic E-state index is 12.1. The van der Waals surface area contributed by atoms with Gasteiger partial charge in [0.1, 0.15) is 0 Å². The molecule has 0 saturated carbocycles. The first-order valence-electron chi connectivity index (χ1n) is 9.36. The average molecular weight is 394 g/mol. The molecule has 0 saturated heterocycles. The highest BCUT2D eigenvalue weighted by Crippen LogP contribution is 2.15. The van der Waals surface area contributed by atoms with E-state index >= 15 is 0 Å². The van der Waals surface area contributed by atoms with Crippen molar-refractivity contribution in [1.82, 2.24) is 14.9 Å². The largest absolute Gasteiger partial charge is 0.347 e. The molecule has 8 nitrogen and oxygen atoms in total. The Balaban J connectivity index is 1.58. The molecule has 3 rings (SSSR count). The molecule has 1 aromatic heterocycles. The van der Waals surface area contributed by atoms with Crippen molar-refractivity contribution in [3.05, 3.63) is 74.9 Å². The third-order valence-corrected chi connectivity index (χ3v) is 4.59. The Labute approximate surface area is 166 Å². The summed E-state index contributed by atoms with van der Waals surface area (Å²) in [6.07, 6.45) is 0.777. The summed E-state index contributed by atoms with van der Waals surface area (Å²) in [5.74, 6) is -0.697. The van der Waals surface area contributed by atoms with Gasteiger partial charge >= 0.3 is 5.69 Å². The second-order valence-electron chi connectivity index (χ2n) is 6.51. The molecule has 0 spiro atoms. The minimum Gasteiger partial charge on any atom is -0.347 e. The highest BCUT2D eigenvalue weighted by Gasteiger charge is 2.11. The van der Waals surface area contributed by atoms with Gasteiger partial charge in [0, 0.05) is 18.7 Å². The Kier molecular flexibility index (Phi) is 6.23. The van der Waals surface area contributed by atoms with Gasteiger partial charge in [-0.3, -0.25) is 23.9 Å². The predicted octanol–water partition coefficient (Wildman–Crippen LogP) is 1.40. The third kappa shape index (κ3) is 4.78. The summed E-state index contributed by atoms with van der Waals surface area (Å²) in [4.78, 5) is 50.5. The number of aromatic amines is 1. The number of hydrogen-bond donors (Lipinski definition) is 3. The summed E-state index contributed by atoms with van der Waals surface area (Å²) in [7, 11) is 0. The first-order valence-corrected chi connectivity index (χ1v) is 9.36. The number of benzene rings is 2. The molecule has 2 amide bonds. The van der Waals surface area contributed by atoms with Gasteiger partial charge in [-0.1, -0.05) is 37.3 Å². The molecule has 0 atom stereocenters. The van der Waals surface area contributed by atoms with Crippen LogP contribution in [0, 0.1) is 0 Å². The normalized spacial score (nSPS) is 10.7. The van der Waals surface area contributed by atoms with Crippen LogP contribution in [0.1, 0.15) is 18.9 Å². The van der Waals surface area contributed by atoms with Gasteiger partial charge in [-0.05, 0) is 30.2 Å². The van der Waals surface area contributed by atoms with Gasteiger partial charge in [0.05, 0.1) is 17.4 Å². The van der Waals surface area contributed by atoms with E-state index in [0.717, 1.165) is 17.7 Å². The van der Waals surface area contributed by atoms with E-state index in [1.807, 2.05) is 31.2 Å². The molecule has 29 heavy (non-hydrogen) atoms. The molecule has 2 aromatic carbocycles. The maximum Gasteiger partial charge on any atom is 0.328 e. The summed E-state index contributed by atoms with van der Waals surface area (Å²) in [5, 5.41) is 5.71. The molecular formula is C21H22N4O4. The molecule has 150 valence electrons.